The van der Waals surface area contributed by atoms with Crippen molar-refractivity contribution >= 4 is 23.9 Å². The third-order valence-corrected chi connectivity index (χ3v) is 5.83. The molecule has 1 aromatic carbocycles. The summed E-state index contributed by atoms with van der Waals surface area (Å²) in [6.07, 6.45) is 6.34. The Morgan fingerprint density at radius 3 is 2.62 bits per heavy atom. The summed E-state index contributed by atoms with van der Waals surface area (Å²) in [5, 5.41) is 3.20. The van der Waals surface area contributed by atoms with Gasteiger partial charge in [-0.1, -0.05) is 0 Å². The number of benzene rings is 1. The molecular weight excluding hydrogens is 404 g/mol. The molecule has 0 unspecified atom stereocenters. The van der Waals surface area contributed by atoms with Gasteiger partial charge in [0.1, 0.15) is 11.6 Å². The predicted molar refractivity (Wildman–Crippen MR) is 129 cm³/mol. The first-order valence-electron chi connectivity index (χ1n) is 10.7. The summed E-state index contributed by atoms with van der Waals surface area (Å²) >= 11 is 0. The van der Waals surface area contributed by atoms with Crippen LogP contribution >= 0.6 is 0 Å². The van der Waals surface area contributed by atoms with E-state index in [0.29, 0.717) is 34.4 Å². The van der Waals surface area contributed by atoms with Crippen LogP contribution in [0.4, 0.5) is 5.69 Å². The summed E-state index contributed by atoms with van der Waals surface area (Å²) in [4.78, 5) is 27.3. The summed E-state index contributed by atoms with van der Waals surface area (Å²) in [6.45, 7) is 5.83. The van der Waals surface area contributed by atoms with E-state index in [1.807, 2.05) is 26.0 Å². The van der Waals surface area contributed by atoms with E-state index in [1.54, 1.807) is 26.4 Å². The second kappa shape index (κ2) is 10.4. The Balaban J connectivity index is 1.90. The normalized spacial score (nSPS) is 16.2. The maximum Gasteiger partial charge on any atom is 0.152 e. The largest absolute Gasteiger partial charge is 0.496 e. The lowest BCUT2D eigenvalue weighted by molar-refractivity contribution is 0.112. The van der Waals surface area contributed by atoms with E-state index in [1.165, 1.54) is 0 Å². The minimum atomic E-state index is 0.362. The number of piperidine rings is 1. The highest BCUT2D eigenvalue weighted by atomic mass is 16.5. The third kappa shape index (κ3) is 5.31. The zero-order valence-electron chi connectivity index (χ0n) is 19.5. The zero-order chi connectivity index (χ0) is 23.3. The van der Waals surface area contributed by atoms with Crippen LogP contribution in [0.15, 0.2) is 29.0 Å². The molecule has 1 aliphatic rings. The third-order valence-electron chi connectivity index (χ3n) is 5.83. The number of aryl methyl sites for hydroxylation is 2. The van der Waals surface area contributed by atoms with Gasteiger partial charge in [-0.3, -0.25) is 19.8 Å². The second-order valence-corrected chi connectivity index (χ2v) is 8.16. The van der Waals surface area contributed by atoms with Crippen molar-refractivity contribution in [3.05, 3.63) is 52.2 Å². The highest BCUT2D eigenvalue weighted by molar-refractivity contribution is 6.11. The van der Waals surface area contributed by atoms with Crippen LogP contribution in [0.5, 0.6) is 5.75 Å². The number of aldehydes is 1. The summed E-state index contributed by atoms with van der Waals surface area (Å²) in [5.41, 5.74) is 11.2. The lowest BCUT2D eigenvalue weighted by Crippen LogP contribution is -2.29. The van der Waals surface area contributed by atoms with Gasteiger partial charge in [-0.15, -0.1) is 0 Å². The zero-order valence-corrected chi connectivity index (χ0v) is 19.5. The topological polar surface area (TPSA) is 106 Å². The minimum Gasteiger partial charge on any atom is -0.496 e. The quantitative estimate of drug-likeness (QED) is 0.407. The molecule has 0 bridgehead atoms. The molecular formula is C24H32N6O2. The number of ether oxygens (including phenoxy) is 1. The number of rotatable bonds is 6. The number of carbonyl (C=O) groups is 1. The highest BCUT2D eigenvalue weighted by Gasteiger charge is 2.23. The Morgan fingerprint density at radius 2 is 2.03 bits per heavy atom. The molecule has 0 atom stereocenters. The molecule has 0 aliphatic carbocycles. The van der Waals surface area contributed by atoms with Crippen molar-refractivity contribution in [2.45, 2.75) is 32.6 Å². The van der Waals surface area contributed by atoms with Gasteiger partial charge in [0.15, 0.2) is 6.29 Å². The molecule has 32 heavy (non-hydrogen) atoms. The fourth-order valence-corrected chi connectivity index (χ4v) is 3.98. The highest BCUT2D eigenvalue weighted by Crippen LogP contribution is 2.37. The van der Waals surface area contributed by atoms with E-state index >= 15 is 0 Å². The number of hydrogen-bond donors (Lipinski definition) is 2. The van der Waals surface area contributed by atoms with Gasteiger partial charge in [0.05, 0.1) is 35.6 Å². The molecule has 0 spiro atoms. The molecule has 8 heteroatoms. The average molecular weight is 437 g/mol. The van der Waals surface area contributed by atoms with Gasteiger partial charge < -0.3 is 20.7 Å². The van der Waals surface area contributed by atoms with Crippen LogP contribution in [0.2, 0.25) is 0 Å². The number of nitrogens with zero attached hydrogens (tertiary/aromatic N) is 4. The Bertz CT molecular complexity index is 1040. The molecule has 0 saturated carbocycles. The summed E-state index contributed by atoms with van der Waals surface area (Å²) < 4.78 is 5.69. The van der Waals surface area contributed by atoms with Crippen molar-refractivity contribution < 1.29 is 9.53 Å². The van der Waals surface area contributed by atoms with E-state index in [0.717, 1.165) is 54.9 Å². The molecule has 170 valence electrons. The minimum absolute atomic E-state index is 0.362. The number of hydrogen-bond acceptors (Lipinski definition) is 7. The number of nitrogens with one attached hydrogen (secondary N) is 1. The second-order valence-electron chi connectivity index (χ2n) is 8.16. The number of carbonyl (C=O) groups excluding carboxylic acids is 1. The number of methoxy groups -OCH3 is 1. The first-order chi connectivity index (χ1) is 15.4. The molecule has 8 nitrogen and oxygen atoms in total. The van der Waals surface area contributed by atoms with Gasteiger partial charge in [0.2, 0.25) is 0 Å². The van der Waals surface area contributed by atoms with Gasteiger partial charge in [-0.05, 0) is 70.5 Å². The first kappa shape index (κ1) is 23.4. The number of likely N-dealkylation sites (tertiary alicyclic amines) is 1. The van der Waals surface area contributed by atoms with Gasteiger partial charge in [0.25, 0.3) is 0 Å². The van der Waals surface area contributed by atoms with Crippen molar-refractivity contribution in [2.24, 2.45) is 10.7 Å². The maximum atomic E-state index is 11.9. The summed E-state index contributed by atoms with van der Waals surface area (Å²) in [7, 11) is 5.42. The van der Waals surface area contributed by atoms with Crippen LogP contribution in [-0.2, 0) is 0 Å². The monoisotopic (exact) mass is 436 g/mol. The lowest BCUT2D eigenvalue weighted by atomic mass is 9.87. The molecule has 1 saturated heterocycles. The smallest absolute Gasteiger partial charge is 0.152 e. The molecule has 1 aliphatic heterocycles. The van der Waals surface area contributed by atoms with Crippen LogP contribution < -0.4 is 15.8 Å². The molecule has 3 N–H and O–H groups in total. The van der Waals surface area contributed by atoms with E-state index < -0.39 is 0 Å². The van der Waals surface area contributed by atoms with E-state index in [-0.39, 0.29) is 0 Å². The average Bonchev–Trinajstić information content (AvgIpc) is 2.79. The van der Waals surface area contributed by atoms with Gasteiger partial charge in [-0.2, -0.15) is 0 Å². The summed E-state index contributed by atoms with van der Waals surface area (Å²) in [5.74, 6) is 1.55. The molecule has 0 radical (unpaired) electrons. The van der Waals surface area contributed by atoms with Crippen molar-refractivity contribution in [1.82, 2.24) is 14.9 Å². The van der Waals surface area contributed by atoms with Gasteiger partial charge in [-0.25, -0.2) is 0 Å². The molecule has 2 aromatic rings. The number of aromatic nitrogens is 2. The molecule has 3 rings (SSSR count). The van der Waals surface area contributed by atoms with Crippen molar-refractivity contribution in [2.75, 3.05) is 39.6 Å². The Kier molecular flexibility index (Phi) is 7.58. The standard InChI is InChI=1S/C24H32N6O2/c1-15-13-27-21(16(2)28-15)11-20(25)24(26-3)29-22-12-23(32-5)19(10-18(22)14-31)17-6-8-30(4)9-7-17/h10-14,17H,6-9,25H2,1-5H3,(H,26,29). The SMILES string of the molecule is CN=C(Nc1cc(OC)c(C2CCN(C)CC2)cc1C=O)C(N)=Cc1ncc(C)nc1C. The number of amidine groups is 1. The van der Waals surface area contributed by atoms with Crippen molar-refractivity contribution in [3.63, 3.8) is 0 Å². The van der Waals surface area contributed by atoms with Crippen LogP contribution in [0.25, 0.3) is 6.08 Å². The molecule has 2 heterocycles. The van der Waals surface area contributed by atoms with Crippen LogP contribution in [0.3, 0.4) is 0 Å². The van der Waals surface area contributed by atoms with Crippen LogP contribution in [0, 0.1) is 13.8 Å². The number of nitrogens with two attached hydrogens (primary N) is 1. The Hall–Kier alpha value is -3.26. The fraction of sp³-hybridized carbons (Fsp3) is 0.417. The number of aliphatic imine (C=N–C) groups is 1. The van der Waals surface area contributed by atoms with E-state index in [2.05, 4.69) is 32.2 Å². The van der Waals surface area contributed by atoms with Crippen LogP contribution in [-0.4, -0.2) is 61.3 Å². The van der Waals surface area contributed by atoms with E-state index in [9.17, 15) is 4.79 Å². The molecule has 1 fully saturated rings. The first-order valence-corrected chi connectivity index (χ1v) is 10.7. The number of anilines is 1. The van der Waals surface area contributed by atoms with Crippen molar-refractivity contribution in [3.8, 4) is 5.75 Å². The predicted octanol–water partition coefficient (Wildman–Crippen LogP) is 3.16. The maximum absolute atomic E-state index is 11.9. The molecule has 0 amide bonds. The lowest BCUT2D eigenvalue weighted by Gasteiger charge is -2.30. The van der Waals surface area contributed by atoms with Crippen LogP contribution in [0.1, 0.15) is 51.8 Å². The van der Waals surface area contributed by atoms with Gasteiger partial charge >= 0.3 is 0 Å². The molecule has 1 aromatic heterocycles. The van der Waals surface area contributed by atoms with E-state index in [4.69, 9.17) is 10.5 Å². The fourth-order valence-electron chi connectivity index (χ4n) is 3.98. The van der Waals surface area contributed by atoms with Crippen molar-refractivity contribution in [1.29, 1.82) is 0 Å². The Morgan fingerprint density at radius 1 is 1.31 bits per heavy atom. The summed E-state index contributed by atoms with van der Waals surface area (Å²) in [6, 6.07) is 3.78. The Labute approximate surface area is 189 Å². The van der Waals surface area contributed by atoms with Gasteiger partial charge in [0, 0.05) is 24.9 Å².